The lowest BCUT2D eigenvalue weighted by atomic mass is 10.2. The molecule has 0 aliphatic carbocycles. The first-order valence-corrected chi connectivity index (χ1v) is 7.95. The predicted octanol–water partition coefficient (Wildman–Crippen LogP) is 3.43. The lowest BCUT2D eigenvalue weighted by Crippen LogP contribution is -2.39. The number of halogens is 1. The summed E-state index contributed by atoms with van der Waals surface area (Å²) >= 11 is 1.47. The fourth-order valence-electron chi connectivity index (χ4n) is 2.29. The average Bonchev–Trinajstić information content (AvgIpc) is 3.02. The summed E-state index contributed by atoms with van der Waals surface area (Å²) in [5.41, 5.74) is 0.589. The van der Waals surface area contributed by atoms with Crippen LogP contribution in [-0.4, -0.2) is 37.1 Å². The van der Waals surface area contributed by atoms with E-state index < -0.39 is 0 Å². The summed E-state index contributed by atoms with van der Waals surface area (Å²) in [4.78, 5) is 15.6. The molecule has 1 saturated heterocycles. The molecule has 1 amide bonds. The largest absolute Gasteiger partial charge is 0.378 e. The molecule has 3 nitrogen and oxygen atoms in total. The van der Waals surface area contributed by atoms with Gasteiger partial charge >= 0.3 is 0 Å². The second kappa shape index (κ2) is 6.85. The number of morpholine rings is 1. The third-order valence-corrected chi connectivity index (χ3v) is 4.56. The average molecular weight is 317 g/mol. The number of ether oxygens (including phenoxy) is 1. The highest BCUT2D eigenvalue weighted by Crippen LogP contribution is 2.30. The van der Waals surface area contributed by atoms with Crippen molar-refractivity contribution in [2.24, 2.45) is 0 Å². The van der Waals surface area contributed by atoms with E-state index in [4.69, 9.17) is 4.74 Å². The molecule has 22 heavy (non-hydrogen) atoms. The van der Waals surface area contributed by atoms with Gasteiger partial charge < -0.3 is 9.64 Å². The van der Waals surface area contributed by atoms with Crippen LogP contribution < -0.4 is 0 Å². The first-order chi connectivity index (χ1) is 10.7. The lowest BCUT2D eigenvalue weighted by molar-refractivity contribution is -0.129. The van der Waals surface area contributed by atoms with Gasteiger partial charge in [-0.15, -0.1) is 11.3 Å². The first kappa shape index (κ1) is 14.9. The molecule has 2 heterocycles. The van der Waals surface area contributed by atoms with Gasteiger partial charge in [0.1, 0.15) is 5.82 Å². The van der Waals surface area contributed by atoms with Crippen molar-refractivity contribution in [3.8, 4) is 10.4 Å². The summed E-state index contributed by atoms with van der Waals surface area (Å²) in [5.74, 6) is -0.242. The number of carbonyl (C=O) groups is 1. The van der Waals surface area contributed by atoms with Crippen LogP contribution in [-0.2, 0) is 9.53 Å². The van der Waals surface area contributed by atoms with E-state index >= 15 is 0 Å². The molecule has 0 spiro atoms. The third-order valence-electron chi connectivity index (χ3n) is 3.48. The Morgan fingerprint density at radius 1 is 1.18 bits per heavy atom. The highest BCUT2D eigenvalue weighted by molar-refractivity contribution is 7.16. The van der Waals surface area contributed by atoms with Gasteiger partial charge in [-0.2, -0.15) is 0 Å². The van der Waals surface area contributed by atoms with Crippen molar-refractivity contribution >= 4 is 23.3 Å². The second-order valence-electron chi connectivity index (χ2n) is 4.95. The van der Waals surface area contributed by atoms with E-state index in [0.717, 1.165) is 9.75 Å². The maximum Gasteiger partial charge on any atom is 0.246 e. The minimum Gasteiger partial charge on any atom is -0.378 e. The van der Waals surface area contributed by atoms with E-state index in [0.29, 0.717) is 31.9 Å². The molecule has 2 aromatic rings. The second-order valence-corrected chi connectivity index (χ2v) is 6.07. The van der Waals surface area contributed by atoms with Crippen molar-refractivity contribution in [2.45, 2.75) is 0 Å². The number of benzene rings is 1. The minimum absolute atomic E-state index is 0.0101. The van der Waals surface area contributed by atoms with Crippen LogP contribution in [0.1, 0.15) is 4.88 Å². The van der Waals surface area contributed by atoms with Gasteiger partial charge in [-0.05, 0) is 24.3 Å². The molecule has 3 rings (SSSR count). The van der Waals surface area contributed by atoms with Crippen LogP contribution in [0.25, 0.3) is 16.5 Å². The molecule has 1 aliphatic heterocycles. The zero-order valence-electron chi connectivity index (χ0n) is 12.0. The highest BCUT2D eigenvalue weighted by Gasteiger charge is 2.14. The summed E-state index contributed by atoms with van der Waals surface area (Å²) in [6.07, 6.45) is 3.36. The quantitative estimate of drug-likeness (QED) is 0.812. The van der Waals surface area contributed by atoms with E-state index in [1.54, 1.807) is 29.2 Å². The van der Waals surface area contributed by atoms with Gasteiger partial charge in [0.2, 0.25) is 5.91 Å². The Balaban J connectivity index is 1.70. The molecule has 0 saturated carbocycles. The van der Waals surface area contributed by atoms with E-state index in [-0.39, 0.29) is 11.7 Å². The number of carbonyl (C=O) groups excluding carboxylic acids is 1. The normalized spacial score (nSPS) is 15.4. The predicted molar refractivity (Wildman–Crippen MR) is 86.1 cm³/mol. The summed E-state index contributed by atoms with van der Waals surface area (Å²) in [7, 11) is 0. The Labute approximate surface area is 132 Å². The molecule has 0 bridgehead atoms. The number of amides is 1. The number of rotatable bonds is 3. The number of nitrogens with zero attached hydrogens (tertiary/aromatic N) is 1. The SMILES string of the molecule is O=C(/C=C/c1ccc(-c2ccccc2F)s1)N1CCOCC1. The van der Waals surface area contributed by atoms with Crippen molar-refractivity contribution in [2.75, 3.05) is 26.3 Å². The van der Waals surface area contributed by atoms with Crippen LogP contribution in [0.3, 0.4) is 0 Å². The fraction of sp³-hybridized carbons (Fsp3) is 0.235. The molecule has 1 aliphatic rings. The van der Waals surface area contributed by atoms with Crippen molar-refractivity contribution in [3.05, 3.63) is 53.2 Å². The van der Waals surface area contributed by atoms with Crippen LogP contribution in [0.5, 0.6) is 0 Å². The molecule has 5 heteroatoms. The summed E-state index contributed by atoms with van der Waals surface area (Å²) < 4.78 is 19.0. The zero-order chi connectivity index (χ0) is 15.4. The fourth-order valence-corrected chi connectivity index (χ4v) is 3.23. The van der Waals surface area contributed by atoms with Gasteiger partial charge in [0, 0.05) is 34.5 Å². The Morgan fingerprint density at radius 2 is 1.95 bits per heavy atom. The van der Waals surface area contributed by atoms with Crippen LogP contribution >= 0.6 is 11.3 Å². The Kier molecular flexibility index (Phi) is 4.65. The van der Waals surface area contributed by atoms with Crippen molar-refractivity contribution in [1.29, 1.82) is 0 Å². The van der Waals surface area contributed by atoms with Crippen LogP contribution in [0.15, 0.2) is 42.5 Å². The van der Waals surface area contributed by atoms with Crippen LogP contribution in [0.4, 0.5) is 4.39 Å². The molecule has 1 aromatic heterocycles. The van der Waals surface area contributed by atoms with Crippen molar-refractivity contribution in [1.82, 2.24) is 4.90 Å². The molecule has 0 radical (unpaired) electrons. The van der Waals surface area contributed by atoms with E-state index in [2.05, 4.69) is 0 Å². The summed E-state index contributed by atoms with van der Waals surface area (Å²) in [5, 5.41) is 0. The smallest absolute Gasteiger partial charge is 0.246 e. The monoisotopic (exact) mass is 317 g/mol. The number of thiophene rings is 1. The van der Waals surface area contributed by atoms with Gasteiger partial charge in [-0.3, -0.25) is 4.79 Å². The molecule has 1 fully saturated rings. The lowest BCUT2D eigenvalue weighted by Gasteiger charge is -2.25. The topological polar surface area (TPSA) is 29.5 Å². The van der Waals surface area contributed by atoms with Crippen molar-refractivity contribution in [3.63, 3.8) is 0 Å². The number of hydrogen-bond acceptors (Lipinski definition) is 3. The Bertz CT molecular complexity index is 689. The standard InChI is InChI=1S/C17H16FNO2S/c18-15-4-2-1-3-14(15)16-7-5-13(22-16)6-8-17(20)19-9-11-21-12-10-19/h1-8H,9-12H2/b8-6+. The van der Waals surface area contributed by atoms with E-state index in [9.17, 15) is 9.18 Å². The zero-order valence-corrected chi connectivity index (χ0v) is 12.8. The molecule has 0 unspecified atom stereocenters. The minimum atomic E-state index is -0.232. The van der Waals surface area contributed by atoms with Gasteiger partial charge in [0.05, 0.1) is 13.2 Å². The molecule has 0 atom stereocenters. The van der Waals surface area contributed by atoms with Crippen LogP contribution in [0.2, 0.25) is 0 Å². The van der Waals surface area contributed by atoms with Crippen LogP contribution in [0, 0.1) is 5.82 Å². The van der Waals surface area contributed by atoms with Crippen molar-refractivity contribution < 1.29 is 13.9 Å². The Morgan fingerprint density at radius 3 is 2.73 bits per heavy atom. The molecule has 114 valence electrons. The van der Waals surface area contributed by atoms with E-state index in [1.165, 1.54) is 17.4 Å². The first-order valence-electron chi connectivity index (χ1n) is 7.13. The maximum absolute atomic E-state index is 13.8. The number of hydrogen-bond donors (Lipinski definition) is 0. The molecule has 1 aromatic carbocycles. The third kappa shape index (κ3) is 3.43. The van der Waals surface area contributed by atoms with Gasteiger partial charge in [-0.25, -0.2) is 4.39 Å². The summed E-state index contributed by atoms with van der Waals surface area (Å²) in [6, 6.07) is 10.5. The maximum atomic E-state index is 13.8. The van der Waals surface area contributed by atoms with Gasteiger partial charge in [0.15, 0.2) is 0 Å². The van der Waals surface area contributed by atoms with Gasteiger partial charge in [0.25, 0.3) is 0 Å². The summed E-state index contributed by atoms with van der Waals surface area (Å²) in [6.45, 7) is 2.45. The molecular weight excluding hydrogens is 301 g/mol. The molecule has 0 N–H and O–H groups in total. The van der Waals surface area contributed by atoms with E-state index in [1.807, 2.05) is 18.2 Å². The van der Waals surface area contributed by atoms with Gasteiger partial charge in [-0.1, -0.05) is 18.2 Å². The molecular formula is C17H16FNO2S. The highest BCUT2D eigenvalue weighted by atomic mass is 32.1. The Hall–Kier alpha value is -1.98.